The van der Waals surface area contributed by atoms with Crippen molar-refractivity contribution < 1.29 is 14.2 Å². The predicted octanol–water partition coefficient (Wildman–Crippen LogP) is 5.10. The average Bonchev–Trinajstić information content (AvgIpc) is 2.46. The topological polar surface area (TPSA) is 27.7 Å². The molecule has 1 rings (SSSR count). The van der Waals surface area contributed by atoms with E-state index in [1.54, 1.807) is 0 Å². The monoisotopic (exact) mass is 336 g/mol. The Balaban J connectivity index is 3.03. The maximum atomic E-state index is 5.99. The summed E-state index contributed by atoms with van der Waals surface area (Å²) in [5, 5.41) is 0. The highest BCUT2D eigenvalue weighted by Gasteiger charge is 2.30. The van der Waals surface area contributed by atoms with E-state index in [1.165, 1.54) is 24.0 Å². The van der Waals surface area contributed by atoms with E-state index >= 15 is 0 Å². The fraction of sp³-hybridized carbons (Fsp3) is 0.810. The lowest BCUT2D eigenvalue weighted by molar-refractivity contribution is -0.165. The number of hydrogen-bond acceptors (Lipinski definition) is 3. The van der Waals surface area contributed by atoms with Crippen molar-refractivity contribution in [2.24, 2.45) is 5.41 Å². The van der Waals surface area contributed by atoms with Crippen molar-refractivity contribution in [3.8, 4) is 11.8 Å². The molecule has 0 aliphatic heterocycles. The van der Waals surface area contributed by atoms with Crippen molar-refractivity contribution in [3.05, 3.63) is 11.1 Å². The second-order valence-electron chi connectivity index (χ2n) is 7.35. The molecule has 0 radical (unpaired) electrons. The van der Waals surface area contributed by atoms with E-state index in [0.29, 0.717) is 26.2 Å². The van der Waals surface area contributed by atoms with Crippen LogP contribution in [0, 0.1) is 17.3 Å². The molecular weight excluding hydrogens is 300 g/mol. The van der Waals surface area contributed by atoms with E-state index in [4.69, 9.17) is 14.2 Å². The van der Waals surface area contributed by atoms with Gasteiger partial charge in [0, 0.05) is 31.8 Å². The van der Waals surface area contributed by atoms with E-state index in [-0.39, 0.29) is 11.7 Å². The molecular formula is C21H36O3. The Bertz CT molecular complexity index is 475. The minimum absolute atomic E-state index is 0.154. The molecule has 3 heteroatoms. The standard InChI is InChI=1S/C21H36O3/c1-8-22-19(23-9-2)16-21(7,24-10-3)15-13-18-17(4)12-11-14-20(18,5)6/h19H,8-12,14,16H2,1-7H3. The Hall–Kier alpha value is -0.820. The third-order valence-corrected chi connectivity index (χ3v) is 4.63. The fourth-order valence-corrected chi connectivity index (χ4v) is 3.41. The van der Waals surface area contributed by atoms with Crippen molar-refractivity contribution in [1.29, 1.82) is 0 Å². The van der Waals surface area contributed by atoms with Gasteiger partial charge in [0.2, 0.25) is 0 Å². The first-order valence-electron chi connectivity index (χ1n) is 9.38. The van der Waals surface area contributed by atoms with Gasteiger partial charge in [-0.15, -0.1) is 0 Å². The van der Waals surface area contributed by atoms with Crippen LogP contribution in [0.2, 0.25) is 0 Å². The molecule has 0 bridgehead atoms. The van der Waals surface area contributed by atoms with Crippen LogP contribution >= 0.6 is 0 Å². The van der Waals surface area contributed by atoms with Crippen LogP contribution < -0.4 is 0 Å². The molecule has 0 aromatic heterocycles. The van der Waals surface area contributed by atoms with Gasteiger partial charge in [0.15, 0.2) is 6.29 Å². The van der Waals surface area contributed by atoms with Gasteiger partial charge in [0.1, 0.15) is 5.60 Å². The summed E-state index contributed by atoms with van der Waals surface area (Å²) >= 11 is 0. The van der Waals surface area contributed by atoms with Crippen LogP contribution in [-0.4, -0.2) is 31.7 Å². The lowest BCUT2D eigenvalue weighted by atomic mass is 9.73. The molecule has 1 atom stereocenters. The Labute approximate surface area is 149 Å². The van der Waals surface area contributed by atoms with Crippen LogP contribution in [0.25, 0.3) is 0 Å². The van der Waals surface area contributed by atoms with Gasteiger partial charge in [0.05, 0.1) is 0 Å². The summed E-state index contributed by atoms with van der Waals surface area (Å²) in [6.45, 7) is 16.7. The fourth-order valence-electron chi connectivity index (χ4n) is 3.41. The molecule has 0 fully saturated rings. The normalized spacial score (nSPS) is 19.8. The lowest BCUT2D eigenvalue weighted by Gasteiger charge is -2.32. The SMILES string of the molecule is CCOC(CC(C)(C#CC1=C(C)CCCC1(C)C)OCC)OCC. The van der Waals surface area contributed by atoms with Crippen LogP contribution in [0.15, 0.2) is 11.1 Å². The lowest BCUT2D eigenvalue weighted by Crippen LogP contribution is -2.35. The Kier molecular flexibility index (Phi) is 8.50. The van der Waals surface area contributed by atoms with E-state index < -0.39 is 5.60 Å². The molecule has 0 aromatic rings. The zero-order valence-electron chi connectivity index (χ0n) is 16.8. The molecule has 24 heavy (non-hydrogen) atoms. The first-order chi connectivity index (χ1) is 11.3. The molecule has 3 nitrogen and oxygen atoms in total. The summed E-state index contributed by atoms with van der Waals surface area (Å²) in [7, 11) is 0. The van der Waals surface area contributed by atoms with Gasteiger partial charge in [-0.25, -0.2) is 0 Å². The van der Waals surface area contributed by atoms with Gasteiger partial charge in [-0.05, 0) is 59.3 Å². The van der Waals surface area contributed by atoms with Crippen molar-refractivity contribution in [3.63, 3.8) is 0 Å². The predicted molar refractivity (Wildman–Crippen MR) is 99.8 cm³/mol. The maximum Gasteiger partial charge on any atom is 0.161 e. The highest BCUT2D eigenvalue weighted by Crippen LogP contribution is 2.39. The number of hydrogen-bond donors (Lipinski definition) is 0. The van der Waals surface area contributed by atoms with Gasteiger partial charge >= 0.3 is 0 Å². The molecule has 0 aromatic carbocycles. The Morgan fingerprint density at radius 3 is 2.25 bits per heavy atom. The molecule has 0 saturated heterocycles. The van der Waals surface area contributed by atoms with Crippen LogP contribution in [0.4, 0.5) is 0 Å². The molecule has 0 saturated carbocycles. The minimum Gasteiger partial charge on any atom is -0.363 e. The maximum absolute atomic E-state index is 5.99. The summed E-state index contributed by atoms with van der Waals surface area (Å²) < 4.78 is 17.4. The van der Waals surface area contributed by atoms with E-state index in [1.807, 2.05) is 27.7 Å². The molecule has 1 aliphatic carbocycles. The zero-order valence-corrected chi connectivity index (χ0v) is 16.8. The highest BCUT2D eigenvalue weighted by atomic mass is 16.7. The van der Waals surface area contributed by atoms with Crippen LogP contribution in [0.1, 0.15) is 74.1 Å². The van der Waals surface area contributed by atoms with Crippen LogP contribution in [-0.2, 0) is 14.2 Å². The minimum atomic E-state index is -0.565. The van der Waals surface area contributed by atoms with Gasteiger partial charge in [-0.2, -0.15) is 0 Å². The summed E-state index contributed by atoms with van der Waals surface area (Å²) in [5.74, 6) is 6.88. The molecule has 1 unspecified atom stereocenters. The molecule has 138 valence electrons. The Morgan fingerprint density at radius 1 is 1.12 bits per heavy atom. The van der Waals surface area contributed by atoms with Gasteiger partial charge in [-0.3, -0.25) is 0 Å². The summed E-state index contributed by atoms with van der Waals surface area (Å²) in [4.78, 5) is 0. The number of allylic oxidation sites excluding steroid dienone is 2. The second-order valence-corrected chi connectivity index (χ2v) is 7.35. The molecule has 1 aliphatic rings. The van der Waals surface area contributed by atoms with Gasteiger partial charge < -0.3 is 14.2 Å². The van der Waals surface area contributed by atoms with Crippen molar-refractivity contribution in [2.45, 2.75) is 86.0 Å². The van der Waals surface area contributed by atoms with Crippen LogP contribution in [0.3, 0.4) is 0 Å². The third kappa shape index (κ3) is 6.24. The first kappa shape index (κ1) is 21.2. The van der Waals surface area contributed by atoms with Gasteiger partial charge in [-0.1, -0.05) is 31.3 Å². The molecule has 0 spiro atoms. The van der Waals surface area contributed by atoms with Crippen molar-refractivity contribution in [1.82, 2.24) is 0 Å². The van der Waals surface area contributed by atoms with Crippen molar-refractivity contribution in [2.75, 3.05) is 19.8 Å². The number of ether oxygens (including phenoxy) is 3. The number of rotatable bonds is 8. The van der Waals surface area contributed by atoms with E-state index in [9.17, 15) is 0 Å². The van der Waals surface area contributed by atoms with Crippen molar-refractivity contribution >= 4 is 0 Å². The third-order valence-electron chi connectivity index (χ3n) is 4.63. The molecule has 0 heterocycles. The average molecular weight is 337 g/mol. The second kappa shape index (κ2) is 9.61. The summed E-state index contributed by atoms with van der Waals surface area (Å²) in [6.07, 6.45) is 3.94. The smallest absolute Gasteiger partial charge is 0.161 e. The van der Waals surface area contributed by atoms with E-state index in [0.717, 1.165) is 6.42 Å². The largest absolute Gasteiger partial charge is 0.363 e. The van der Waals surface area contributed by atoms with Gasteiger partial charge in [0.25, 0.3) is 0 Å². The first-order valence-corrected chi connectivity index (χ1v) is 9.38. The Morgan fingerprint density at radius 2 is 1.75 bits per heavy atom. The molecule has 0 amide bonds. The van der Waals surface area contributed by atoms with E-state index in [2.05, 4.69) is 32.6 Å². The highest BCUT2D eigenvalue weighted by molar-refractivity contribution is 5.41. The summed E-state index contributed by atoms with van der Waals surface area (Å²) in [5.41, 5.74) is 2.29. The quantitative estimate of drug-likeness (QED) is 0.456. The van der Waals surface area contributed by atoms with Crippen LogP contribution in [0.5, 0.6) is 0 Å². The zero-order chi connectivity index (χ0) is 18.2. The molecule has 0 N–H and O–H groups in total. The summed E-state index contributed by atoms with van der Waals surface area (Å²) in [6, 6.07) is 0.